The maximum Gasteiger partial charge on any atom is 0.143 e. The number of hydrogen-bond donors (Lipinski definition) is 1. The molecule has 0 unspecified atom stereocenters. The van der Waals surface area contributed by atoms with Crippen LogP contribution in [0.4, 0.5) is 5.69 Å². The Bertz CT molecular complexity index is 514. The van der Waals surface area contributed by atoms with Crippen molar-refractivity contribution in [2.45, 2.75) is 38.6 Å². The van der Waals surface area contributed by atoms with Gasteiger partial charge in [-0.25, -0.2) is 4.68 Å². The van der Waals surface area contributed by atoms with Gasteiger partial charge in [0.1, 0.15) is 6.33 Å². The van der Waals surface area contributed by atoms with E-state index in [2.05, 4.69) is 39.9 Å². The monoisotopic (exact) mass is 243 g/mol. The molecule has 0 saturated heterocycles. The van der Waals surface area contributed by atoms with Crippen molar-refractivity contribution >= 4 is 5.69 Å². The Hall–Kier alpha value is -1.91. The number of aromatic nitrogens is 4. The highest BCUT2D eigenvalue weighted by molar-refractivity contribution is 5.57. The lowest BCUT2D eigenvalue weighted by Crippen LogP contribution is -2.15. The second-order valence-electron chi connectivity index (χ2n) is 4.88. The van der Waals surface area contributed by atoms with Crippen LogP contribution in [0.25, 0.3) is 5.69 Å². The topological polar surface area (TPSA) is 55.6 Å². The Morgan fingerprint density at radius 1 is 1.28 bits per heavy atom. The first-order valence-electron chi connectivity index (χ1n) is 6.43. The van der Waals surface area contributed by atoms with Crippen LogP contribution >= 0.6 is 0 Å². The zero-order valence-corrected chi connectivity index (χ0v) is 10.5. The molecule has 0 bridgehead atoms. The molecule has 1 heterocycles. The fraction of sp³-hybridized carbons (Fsp3) is 0.462. The highest BCUT2D eigenvalue weighted by atomic mass is 15.5. The zero-order valence-electron chi connectivity index (χ0n) is 10.5. The molecule has 5 heteroatoms. The van der Waals surface area contributed by atoms with E-state index < -0.39 is 0 Å². The van der Waals surface area contributed by atoms with E-state index in [0.29, 0.717) is 6.04 Å². The lowest BCUT2D eigenvalue weighted by Gasteiger charge is -2.16. The molecule has 1 fully saturated rings. The molecular formula is C13H17N5. The van der Waals surface area contributed by atoms with E-state index in [4.69, 9.17) is 0 Å². The van der Waals surface area contributed by atoms with Gasteiger partial charge < -0.3 is 5.32 Å². The van der Waals surface area contributed by atoms with Gasteiger partial charge in [0, 0.05) is 11.7 Å². The third kappa shape index (κ3) is 2.20. The first kappa shape index (κ1) is 11.2. The average Bonchev–Trinajstić information content (AvgIpc) is 3.04. The van der Waals surface area contributed by atoms with Gasteiger partial charge in [-0.3, -0.25) is 0 Å². The standard InChI is InChI=1S/C13H17N5/c1-10-6-7-12(18-9-14-16-17-18)8-13(10)15-11-4-2-3-5-11/h6-9,11,15H,2-5H2,1H3. The number of tetrazole rings is 1. The van der Waals surface area contributed by atoms with Crippen molar-refractivity contribution in [2.24, 2.45) is 0 Å². The van der Waals surface area contributed by atoms with Crippen molar-refractivity contribution in [1.29, 1.82) is 0 Å². The fourth-order valence-electron chi connectivity index (χ4n) is 2.48. The van der Waals surface area contributed by atoms with Crippen LogP contribution in [-0.2, 0) is 0 Å². The van der Waals surface area contributed by atoms with Crippen LogP contribution in [0.3, 0.4) is 0 Å². The number of rotatable bonds is 3. The summed E-state index contributed by atoms with van der Waals surface area (Å²) in [5.74, 6) is 0. The minimum atomic E-state index is 0.618. The lowest BCUT2D eigenvalue weighted by molar-refractivity contribution is 0.753. The summed E-state index contributed by atoms with van der Waals surface area (Å²) in [6, 6.07) is 6.87. The van der Waals surface area contributed by atoms with Crippen LogP contribution in [0.15, 0.2) is 24.5 Å². The molecule has 18 heavy (non-hydrogen) atoms. The van der Waals surface area contributed by atoms with Gasteiger partial charge in [-0.05, 0) is 47.9 Å². The third-order valence-electron chi connectivity index (χ3n) is 3.55. The summed E-state index contributed by atoms with van der Waals surface area (Å²) in [6.45, 7) is 2.13. The van der Waals surface area contributed by atoms with Crippen molar-refractivity contribution in [3.63, 3.8) is 0 Å². The highest BCUT2D eigenvalue weighted by Gasteiger charge is 2.15. The smallest absolute Gasteiger partial charge is 0.143 e. The number of aryl methyl sites for hydroxylation is 1. The van der Waals surface area contributed by atoms with Crippen LogP contribution in [0, 0.1) is 6.92 Å². The molecule has 1 aliphatic rings. The van der Waals surface area contributed by atoms with Gasteiger partial charge in [-0.1, -0.05) is 18.9 Å². The zero-order chi connectivity index (χ0) is 12.4. The van der Waals surface area contributed by atoms with E-state index >= 15 is 0 Å². The van der Waals surface area contributed by atoms with E-state index in [-0.39, 0.29) is 0 Å². The molecule has 0 atom stereocenters. The maximum atomic E-state index is 3.92. The minimum Gasteiger partial charge on any atom is -0.382 e. The molecule has 0 radical (unpaired) electrons. The summed E-state index contributed by atoms with van der Waals surface area (Å²) in [5.41, 5.74) is 3.44. The summed E-state index contributed by atoms with van der Waals surface area (Å²) in [6.07, 6.45) is 6.83. The van der Waals surface area contributed by atoms with Crippen LogP contribution < -0.4 is 5.32 Å². The Morgan fingerprint density at radius 3 is 2.83 bits per heavy atom. The molecular weight excluding hydrogens is 226 g/mol. The van der Waals surface area contributed by atoms with Crippen LogP contribution in [-0.4, -0.2) is 26.2 Å². The SMILES string of the molecule is Cc1ccc(-n2cnnn2)cc1NC1CCCC1. The van der Waals surface area contributed by atoms with Gasteiger partial charge in [-0.2, -0.15) is 0 Å². The molecule has 1 aromatic carbocycles. The Kier molecular flexibility index (Phi) is 2.96. The van der Waals surface area contributed by atoms with Crippen molar-refractivity contribution in [1.82, 2.24) is 20.2 Å². The minimum absolute atomic E-state index is 0.618. The van der Waals surface area contributed by atoms with Gasteiger partial charge in [0.15, 0.2) is 0 Å². The summed E-state index contributed by atoms with van der Waals surface area (Å²) in [7, 11) is 0. The van der Waals surface area contributed by atoms with Gasteiger partial charge in [0.05, 0.1) is 5.69 Å². The van der Waals surface area contributed by atoms with Gasteiger partial charge >= 0.3 is 0 Å². The largest absolute Gasteiger partial charge is 0.382 e. The lowest BCUT2D eigenvalue weighted by atomic mass is 10.1. The third-order valence-corrected chi connectivity index (χ3v) is 3.55. The van der Waals surface area contributed by atoms with Gasteiger partial charge in [0.25, 0.3) is 0 Å². The van der Waals surface area contributed by atoms with Crippen molar-refractivity contribution in [3.05, 3.63) is 30.1 Å². The first-order chi connectivity index (χ1) is 8.83. The Balaban J connectivity index is 1.86. The molecule has 1 aliphatic carbocycles. The molecule has 0 aliphatic heterocycles. The molecule has 1 saturated carbocycles. The summed E-state index contributed by atoms with van der Waals surface area (Å²) >= 11 is 0. The van der Waals surface area contributed by atoms with Crippen molar-refractivity contribution < 1.29 is 0 Å². The van der Waals surface area contributed by atoms with E-state index in [1.165, 1.54) is 36.9 Å². The first-order valence-corrected chi connectivity index (χ1v) is 6.43. The summed E-state index contributed by atoms with van der Waals surface area (Å²) < 4.78 is 1.68. The van der Waals surface area contributed by atoms with Gasteiger partial charge in [0.2, 0.25) is 0 Å². The Labute approximate surface area is 106 Å². The molecule has 2 aromatic rings. The number of benzene rings is 1. The quantitative estimate of drug-likeness (QED) is 0.899. The van der Waals surface area contributed by atoms with E-state index in [0.717, 1.165) is 5.69 Å². The molecule has 5 nitrogen and oxygen atoms in total. The predicted molar refractivity (Wildman–Crippen MR) is 69.8 cm³/mol. The molecule has 0 spiro atoms. The predicted octanol–water partition coefficient (Wildman–Crippen LogP) is 2.33. The molecule has 94 valence electrons. The van der Waals surface area contributed by atoms with Crippen LogP contribution in [0.1, 0.15) is 31.2 Å². The summed E-state index contributed by atoms with van der Waals surface area (Å²) in [5, 5.41) is 14.9. The Morgan fingerprint density at radius 2 is 2.11 bits per heavy atom. The number of anilines is 1. The average molecular weight is 243 g/mol. The van der Waals surface area contributed by atoms with Crippen molar-refractivity contribution in [3.8, 4) is 5.69 Å². The van der Waals surface area contributed by atoms with Crippen LogP contribution in [0.5, 0.6) is 0 Å². The van der Waals surface area contributed by atoms with E-state index in [9.17, 15) is 0 Å². The normalized spacial score (nSPS) is 16.1. The summed E-state index contributed by atoms with van der Waals surface area (Å²) in [4.78, 5) is 0. The molecule has 3 rings (SSSR count). The molecule has 0 amide bonds. The molecule has 1 aromatic heterocycles. The van der Waals surface area contributed by atoms with E-state index in [1.54, 1.807) is 11.0 Å². The fourth-order valence-corrected chi connectivity index (χ4v) is 2.48. The van der Waals surface area contributed by atoms with E-state index in [1.807, 2.05) is 6.07 Å². The van der Waals surface area contributed by atoms with Crippen molar-refractivity contribution in [2.75, 3.05) is 5.32 Å². The second kappa shape index (κ2) is 4.76. The second-order valence-corrected chi connectivity index (χ2v) is 4.88. The van der Waals surface area contributed by atoms with Gasteiger partial charge in [-0.15, -0.1) is 5.10 Å². The highest BCUT2D eigenvalue weighted by Crippen LogP contribution is 2.25. The number of hydrogen-bond acceptors (Lipinski definition) is 4. The molecule has 1 N–H and O–H groups in total. The number of nitrogens with zero attached hydrogens (tertiary/aromatic N) is 4. The maximum absolute atomic E-state index is 3.92. The van der Waals surface area contributed by atoms with Crippen LogP contribution in [0.2, 0.25) is 0 Å². The number of nitrogens with one attached hydrogen (secondary N) is 1.